The van der Waals surface area contributed by atoms with E-state index in [2.05, 4.69) is 15.5 Å². The molecule has 0 radical (unpaired) electrons. The SMILES string of the molecule is CC(C)C(CNc1c(C#N)nnc2ccccc12)C(=O)O. The first-order valence-corrected chi connectivity index (χ1v) is 6.66. The quantitative estimate of drug-likeness (QED) is 0.873. The van der Waals surface area contributed by atoms with Crippen molar-refractivity contribution in [2.75, 3.05) is 11.9 Å². The number of carbonyl (C=O) groups is 1. The molecule has 0 fully saturated rings. The van der Waals surface area contributed by atoms with Crippen LogP contribution in [0.4, 0.5) is 5.69 Å². The minimum Gasteiger partial charge on any atom is -0.481 e. The Bertz CT molecular complexity index is 706. The Kier molecular flexibility index (Phi) is 4.33. The Morgan fingerprint density at radius 1 is 1.38 bits per heavy atom. The van der Waals surface area contributed by atoms with Crippen molar-refractivity contribution < 1.29 is 9.90 Å². The van der Waals surface area contributed by atoms with Crippen LogP contribution >= 0.6 is 0 Å². The summed E-state index contributed by atoms with van der Waals surface area (Å²) in [7, 11) is 0. The zero-order valence-corrected chi connectivity index (χ0v) is 11.9. The van der Waals surface area contributed by atoms with Crippen LogP contribution in [0.5, 0.6) is 0 Å². The number of nitrogens with one attached hydrogen (secondary N) is 1. The van der Waals surface area contributed by atoms with Gasteiger partial charge in [0.1, 0.15) is 6.07 Å². The first kappa shape index (κ1) is 14.7. The van der Waals surface area contributed by atoms with E-state index >= 15 is 0 Å². The summed E-state index contributed by atoms with van der Waals surface area (Å²) in [4.78, 5) is 11.2. The maximum absolute atomic E-state index is 11.2. The molecule has 0 aliphatic carbocycles. The monoisotopic (exact) mass is 284 g/mol. The summed E-state index contributed by atoms with van der Waals surface area (Å²) in [5.41, 5.74) is 1.37. The number of carboxylic acid groups (broad SMARTS) is 1. The normalized spacial score (nSPS) is 12.1. The molecule has 2 rings (SSSR count). The minimum absolute atomic E-state index is 0.0124. The van der Waals surface area contributed by atoms with Gasteiger partial charge in [0, 0.05) is 11.9 Å². The topological polar surface area (TPSA) is 98.9 Å². The van der Waals surface area contributed by atoms with E-state index in [1.165, 1.54) is 0 Å². The van der Waals surface area contributed by atoms with Gasteiger partial charge < -0.3 is 10.4 Å². The van der Waals surface area contributed by atoms with E-state index in [-0.39, 0.29) is 18.2 Å². The van der Waals surface area contributed by atoms with Crippen molar-refractivity contribution in [3.63, 3.8) is 0 Å². The number of anilines is 1. The summed E-state index contributed by atoms with van der Waals surface area (Å²) < 4.78 is 0. The van der Waals surface area contributed by atoms with Gasteiger partial charge in [0.25, 0.3) is 0 Å². The van der Waals surface area contributed by atoms with Crippen molar-refractivity contribution in [3.05, 3.63) is 30.0 Å². The van der Waals surface area contributed by atoms with E-state index < -0.39 is 11.9 Å². The van der Waals surface area contributed by atoms with Gasteiger partial charge >= 0.3 is 5.97 Å². The summed E-state index contributed by atoms with van der Waals surface area (Å²) in [6, 6.07) is 9.29. The lowest BCUT2D eigenvalue weighted by atomic mass is 9.96. The molecule has 1 atom stereocenters. The third-order valence-electron chi connectivity index (χ3n) is 3.39. The summed E-state index contributed by atoms with van der Waals surface area (Å²) in [5, 5.41) is 30.1. The molecule has 108 valence electrons. The second-order valence-corrected chi connectivity index (χ2v) is 5.12. The summed E-state index contributed by atoms with van der Waals surface area (Å²) in [6.45, 7) is 3.94. The summed E-state index contributed by atoms with van der Waals surface area (Å²) in [5.74, 6) is -1.41. The van der Waals surface area contributed by atoms with E-state index in [1.54, 1.807) is 6.07 Å². The maximum atomic E-state index is 11.2. The van der Waals surface area contributed by atoms with Crippen molar-refractivity contribution in [3.8, 4) is 6.07 Å². The molecule has 21 heavy (non-hydrogen) atoms. The van der Waals surface area contributed by atoms with E-state index in [0.717, 1.165) is 5.39 Å². The molecule has 1 unspecified atom stereocenters. The van der Waals surface area contributed by atoms with Crippen molar-refractivity contribution in [1.29, 1.82) is 5.26 Å². The number of benzene rings is 1. The zero-order valence-electron chi connectivity index (χ0n) is 11.9. The molecule has 1 aromatic carbocycles. The first-order chi connectivity index (χ1) is 10.0. The van der Waals surface area contributed by atoms with Crippen molar-refractivity contribution in [1.82, 2.24) is 10.2 Å². The zero-order chi connectivity index (χ0) is 15.4. The van der Waals surface area contributed by atoms with Crippen LogP contribution in [-0.4, -0.2) is 27.8 Å². The van der Waals surface area contributed by atoms with Crippen LogP contribution in [0, 0.1) is 23.2 Å². The van der Waals surface area contributed by atoms with Crippen LogP contribution in [-0.2, 0) is 4.79 Å². The number of aromatic nitrogens is 2. The predicted octanol–water partition coefficient (Wildman–Crippen LogP) is 2.27. The van der Waals surface area contributed by atoms with Crippen LogP contribution in [0.15, 0.2) is 24.3 Å². The van der Waals surface area contributed by atoms with Crippen molar-refractivity contribution >= 4 is 22.6 Å². The standard InChI is InChI=1S/C15H16N4O2/c1-9(2)11(15(20)21)8-17-14-10-5-3-4-6-12(10)18-19-13(14)7-16/h3-6,9,11H,8H2,1-2H3,(H,17,18)(H,20,21). The van der Waals surface area contributed by atoms with E-state index in [9.17, 15) is 9.90 Å². The van der Waals surface area contributed by atoms with Gasteiger partial charge in [-0.3, -0.25) is 4.79 Å². The molecular formula is C15H16N4O2. The second-order valence-electron chi connectivity index (χ2n) is 5.12. The Hall–Kier alpha value is -2.68. The molecule has 0 saturated heterocycles. The molecule has 0 aliphatic rings. The van der Waals surface area contributed by atoms with Crippen molar-refractivity contribution in [2.24, 2.45) is 11.8 Å². The molecular weight excluding hydrogens is 268 g/mol. The number of fused-ring (bicyclic) bond motifs is 1. The number of rotatable bonds is 5. The maximum Gasteiger partial charge on any atom is 0.308 e. The highest BCUT2D eigenvalue weighted by molar-refractivity contribution is 5.92. The predicted molar refractivity (Wildman–Crippen MR) is 78.7 cm³/mol. The number of carboxylic acids is 1. The fourth-order valence-electron chi connectivity index (χ4n) is 2.13. The van der Waals surface area contributed by atoms with Crippen LogP contribution in [0.2, 0.25) is 0 Å². The molecule has 0 aliphatic heterocycles. The van der Waals surface area contributed by atoms with Crippen LogP contribution in [0.1, 0.15) is 19.5 Å². The Balaban J connectivity index is 2.37. The van der Waals surface area contributed by atoms with Gasteiger partial charge in [-0.05, 0) is 12.0 Å². The highest BCUT2D eigenvalue weighted by Crippen LogP contribution is 2.24. The molecule has 2 aromatic rings. The largest absolute Gasteiger partial charge is 0.481 e. The van der Waals surface area contributed by atoms with Gasteiger partial charge in [-0.1, -0.05) is 32.0 Å². The molecule has 1 aromatic heterocycles. The smallest absolute Gasteiger partial charge is 0.308 e. The Morgan fingerprint density at radius 3 is 2.71 bits per heavy atom. The molecule has 2 N–H and O–H groups in total. The molecule has 0 saturated carbocycles. The second kappa shape index (κ2) is 6.18. The number of hydrogen-bond donors (Lipinski definition) is 2. The molecule has 0 spiro atoms. The molecule has 0 amide bonds. The van der Waals surface area contributed by atoms with Gasteiger partial charge in [-0.15, -0.1) is 10.2 Å². The highest BCUT2D eigenvalue weighted by atomic mass is 16.4. The highest BCUT2D eigenvalue weighted by Gasteiger charge is 2.22. The number of hydrogen-bond acceptors (Lipinski definition) is 5. The number of nitrogens with zero attached hydrogens (tertiary/aromatic N) is 3. The fraction of sp³-hybridized carbons (Fsp3) is 0.333. The average molecular weight is 284 g/mol. The van der Waals surface area contributed by atoms with E-state index in [1.807, 2.05) is 38.1 Å². The Morgan fingerprint density at radius 2 is 2.10 bits per heavy atom. The van der Waals surface area contributed by atoms with Crippen LogP contribution in [0.3, 0.4) is 0 Å². The van der Waals surface area contributed by atoms with Gasteiger partial charge in [0.05, 0.1) is 17.1 Å². The lowest BCUT2D eigenvalue weighted by molar-refractivity contribution is -0.142. The van der Waals surface area contributed by atoms with Gasteiger partial charge in [0.15, 0.2) is 5.69 Å². The van der Waals surface area contributed by atoms with Crippen LogP contribution in [0.25, 0.3) is 10.9 Å². The average Bonchev–Trinajstić information content (AvgIpc) is 2.46. The fourth-order valence-corrected chi connectivity index (χ4v) is 2.13. The first-order valence-electron chi connectivity index (χ1n) is 6.66. The molecule has 6 heteroatoms. The Labute approximate surface area is 122 Å². The minimum atomic E-state index is -0.859. The molecule has 0 bridgehead atoms. The number of nitriles is 1. The lowest BCUT2D eigenvalue weighted by Gasteiger charge is -2.18. The van der Waals surface area contributed by atoms with Gasteiger partial charge in [-0.25, -0.2) is 0 Å². The third-order valence-corrected chi connectivity index (χ3v) is 3.39. The van der Waals surface area contributed by atoms with Crippen LogP contribution < -0.4 is 5.32 Å². The lowest BCUT2D eigenvalue weighted by Crippen LogP contribution is -2.28. The molecule has 1 heterocycles. The van der Waals surface area contributed by atoms with E-state index in [0.29, 0.717) is 11.2 Å². The van der Waals surface area contributed by atoms with E-state index in [4.69, 9.17) is 5.26 Å². The summed E-state index contributed by atoms with van der Waals surface area (Å²) in [6.07, 6.45) is 0. The van der Waals surface area contributed by atoms with Gasteiger partial charge in [0.2, 0.25) is 0 Å². The third kappa shape index (κ3) is 3.08. The number of aliphatic carboxylic acids is 1. The van der Waals surface area contributed by atoms with Crippen molar-refractivity contribution in [2.45, 2.75) is 13.8 Å². The van der Waals surface area contributed by atoms with Gasteiger partial charge in [-0.2, -0.15) is 5.26 Å². The summed E-state index contributed by atoms with van der Waals surface area (Å²) >= 11 is 0. The molecule has 6 nitrogen and oxygen atoms in total.